The number of allylic oxidation sites excluding steroid dienone is 20. The van der Waals surface area contributed by atoms with Crippen molar-refractivity contribution in [2.24, 2.45) is 0 Å². The van der Waals surface area contributed by atoms with Crippen LogP contribution < -0.4 is 0 Å². The standard InChI is InChI=1S/C85H146O17P2/c1-5-9-13-17-21-25-29-33-37-39-43-46-50-54-58-62-66-70-83(88)96-76-80(101-84(89)71-67-63-59-55-51-47-42-36-32-28-24-20-16-12-8-4)77-99-103(91,92)97-73-79(86)74-98-104(93,94)100-78-81(75-95-82(87)69-65-61-57-53-49-45-41-35-31-27-23-19-15-11-7-3)102-85(90)72-68-64-60-56-52-48-44-40-38-34-30-26-22-18-14-10-6-2/h21-22,24-26,28,33-34,36-38,42-44,46,48,54,56,58,60,79-81,86H,5-20,23,27,29-32,35,39-41,45,47,49-53,55,57,59,61-78H2,1-4H3,(H,91,92)(H,93,94)/b25-21-,26-22-,28-24-,37-33-,38-34-,42-36-,46-43-,48-44-,58-54-,60-56-/t79-,80+,81+/m0/s1. The van der Waals surface area contributed by atoms with Crippen LogP contribution >= 0.6 is 15.6 Å². The van der Waals surface area contributed by atoms with E-state index in [1.807, 2.05) is 24.3 Å². The third kappa shape index (κ3) is 75.7. The van der Waals surface area contributed by atoms with E-state index in [0.29, 0.717) is 38.5 Å². The van der Waals surface area contributed by atoms with Crippen LogP contribution in [0.3, 0.4) is 0 Å². The Bertz CT molecular complexity index is 2440. The van der Waals surface area contributed by atoms with Gasteiger partial charge in [-0.05, 0) is 135 Å². The fourth-order valence-electron chi connectivity index (χ4n) is 10.6. The minimum absolute atomic E-state index is 0.0179. The number of hydrogen-bond donors (Lipinski definition) is 3. The van der Waals surface area contributed by atoms with Gasteiger partial charge in [0.15, 0.2) is 12.2 Å². The number of phosphoric acid groups is 2. The highest BCUT2D eigenvalue weighted by Crippen LogP contribution is 2.45. The van der Waals surface area contributed by atoms with Gasteiger partial charge in [-0.3, -0.25) is 37.3 Å². The fraction of sp³-hybridized carbons (Fsp3) is 0.718. The molecular formula is C85H146O17P2. The normalized spacial score (nSPS) is 14.5. The van der Waals surface area contributed by atoms with Crippen LogP contribution in [-0.4, -0.2) is 96.7 Å². The van der Waals surface area contributed by atoms with Crippen molar-refractivity contribution in [3.8, 4) is 0 Å². The number of aliphatic hydroxyl groups excluding tert-OH is 1. The summed E-state index contributed by atoms with van der Waals surface area (Å²) in [5, 5.41) is 10.6. The average Bonchev–Trinajstić information content (AvgIpc) is 0.909. The highest BCUT2D eigenvalue weighted by atomic mass is 31.2. The SMILES string of the molecule is CCCCC/C=C\C/C=C\C/C=C\C/C=C\CCCC(=O)OC[C@H](COP(=O)(O)OC[C@H](O)COP(=O)(O)OC[C@@H](COC(=O)CCCCCCCCCCCCCCCCC)OC(=O)CCC/C=C\C/C=C\C/C=C\C/C=C\CCCCC)OC(=O)CCCCCCC/C=C\C/C=C\CCCCC. The Morgan fingerprint density at radius 3 is 0.788 bits per heavy atom. The van der Waals surface area contributed by atoms with Gasteiger partial charge >= 0.3 is 39.5 Å². The second-order valence-electron chi connectivity index (χ2n) is 27.0. The molecule has 598 valence electrons. The monoisotopic (exact) mass is 1500 g/mol. The maximum absolute atomic E-state index is 13.1. The molecule has 0 heterocycles. The van der Waals surface area contributed by atoms with E-state index in [4.69, 9.17) is 37.0 Å². The first-order chi connectivity index (χ1) is 50.7. The topological polar surface area (TPSA) is 237 Å². The van der Waals surface area contributed by atoms with E-state index < -0.39 is 97.5 Å². The number of carbonyl (C=O) groups is 4. The van der Waals surface area contributed by atoms with Crippen LogP contribution in [0.25, 0.3) is 0 Å². The summed E-state index contributed by atoms with van der Waals surface area (Å²) >= 11 is 0. The lowest BCUT2D eigenvalue weighted by Crippen LogP contribution is -2.30. The maximum Gasteiger partial charge on any atom is 0.472 e. The number of hydrogen-bond acceptors (Lipinski definition) is 15. The first-order valence-electron chi connectivity index (χ1n) is 40.8. The molecule has 5 atom stereocenters. The number of ether oxygens (including phenoxy) is 4. The molecule has 0 amide bonds. The Hall–Kier alpha value is -4.54. The molecule has 0 aliphatic carbocycles. The lowest BCUT2D eigenvalue weighted by molar-refractivity contribution is -0.161. The lowest BCUT2D eigenvalue weighted by Gasteiger charge is -2.21. The summed E-state index contributed by atoms with van der Waals surface area (Å²) in [6, 6.07) is 0. The molecule has 0 aromatic rings. The summed E-state index contributed by atoms with van der Waals surface area (Å²) in [5.74, 6) is -2.31. The minimum Gasteiger partial charge on any atom is -0.462 e. The second kappa shape index (κ2) is 76.6. The third-order valence-electron chi connectivity index (χ3n) is 16.9. The zero-order chi connectivity index (χ0) is 76.0. The maximum atomic E-state index is 13.1. The van der Waals surface area contributed by atoms with Crippen LogP contribution in [0.2, 0.25) is 0 Å². The van der Waals surface area contributed by atoms with Crippen LogP contribution in [0, 0.1) is 0 Å². The molecule has 2 unspecified atom stereocenters. The van der Waals surface area contributed by atoms with Crippen molar-refractivity contribution in [3.05, 3.63) is 122 Å². The van der Waals surface area contributed by atoms with Crippen molar-refractivity contribution in [2.75, 3.05) is 39.6 Å². The molecule has 0 saturated heterocycles. The molecule has 104 heavy (non-hydrogen) atoms. The van der Waals surface area contributed by atoms with Crippen molar-refractivity contribution in [1.29, 1.82) is 0 Å². The lowest BCUT2D eigenvalue weighted by atomic mass is 10.0. The predicted octanol–water partition coefficient (Wildman–Crippen LogP) is 23.9. The van der Waals surface area contributed by atoms with E-state index in [2.05, 4.69) is 125 Å². The Morgan fingerprint density at radius 2 is 0.481 bits per heavy atom. The second-order valence-corrected chi connectivity index (χ2v) is 29.9. The molecule has 0 fully saturated rings. The first kappa shape index (κ1) is 99.5. The van der Waals surface area contributed by atoms with Gasteiger partial charge in [0.05, 0.1) is 26.4 Å². The van der Waals surface area contributed by atoms with E-state index in [0.717, 1.165) is 116 Å². The smallest absolute Gasteiger partial charge is 0.462 e. The molecule has 19 heteroatoms. The van der Waals surface area contributed by atoms with Gasteiger partial charge in [0.2, 0.25) is 0 Å². The Labute approximate surface area is 632 Å². The Kier molecular flexibility index (Phi) is 73.3. The van der Waals surface area contributed by atoms with Crippen molar-refractivity contribution in [2.45, 2.75) is 354 Å². The summed E-state index contributed by atoms with van der Waals surface area (Å²) in [4.78, 5) is 73.0. The van der Waals surface area contributed by atoms with E-state index in [-0.39, 0.29) is 25.7 Å². The molecule has 0 aromatic heterocycles. The molecule has 17 nitrogen and oxygen atoms in total. The zero-order valence-corrected chi connectivity index (χ0v) is 67.2. The van der Waals surface area contributed by atoms with Gasteiger partial charge in [0.25, 0.3) is 0 Å². The molecule has 0 rings (SSSR count). The number of esters is 4. The molecule has 0 spiro atoms. The van der Waals surface area contributed by atoms with Gasteiger partial charge in [0.1, 0.15) is 19.3 Å². The number of aliphatic hydroxyl groups is 1. The summed E-state index contributed by atoms with van der Waals surface area (Å²) in [6.45, 7) is 4.68. The highest BCUT2D eigenvalue weighted by Gasteiger charge is 2.30. The Morgan fingerprint density at radius 1 is 0.269 bits per heavy atom. The van der Waals surface area contributed by atoms with Crippen molar-refractivity contribution >= 4 is 39.5 Å². The van der Waals surface area contributed by atoms with Gasteiger partial charge in [-0.2, -0.15) is 0 Å². The van der Waals surface area contributed by atoms with Crippen LogP contribution in [0.4, 0.5) is 0 Å². The summed E-state index contributed by atoms with van der Waals surface area (Å²) in [6.07, 6.45) is 84.7. The average molecular weight is 1500 g/mol. The Balaban J connectivity index is 5.47. The van der Waals surface area contributed by atoms with Crippen LogP contribution in [0.15, 0.2) is 122 Å². The molecule has 0 aliphatic heterocycles. The third-order valence-corrected chi connectivity index (χ3v) is 18.8. The summed E-state index contributed by atoms with van der Waals surface area (Å²) in [7, 11) is -10.00. The van der Waals surface area contributed by atoms with Gasteiger partial charge in [-0.1, -0.05) is 297 Å². The van der Waals surface area contributed by atoms with Gasteiger partial charge in [0, 0.05) is 25.7 Å². The van der Waals surface area contributed by atoms with E-state index in [1.54, 1.807) is 0 Å². The van der Waals surface area contributed by atoms with Crippen molar-refractivity contribution < 1.29 is 80.2 Å². The van der Waals surface area contributed by atoms with E-state index >= 15 is 0 Å². The summed E-state index contributed by atoms with van der Waals surface area (Å²) in [5.41, 5.74) is 0. The zero-order valence-electron chi connectivity index (χ0n) is 65.4. The van der Waals surface area contributed by atoms with Crippen LogP contribution in [0.5, 0.6) is 0 Å². The predicted molar refractivity (Wildman–Crippen MR) is 427 cm³/mol. The number of rotatable bonds is 76. The van der Waals surface area contributed by atoms with Crippen molar-refractivity contribution in [3.63, 3.8) is 0 Å². The number of carbonyl (C=O) groups excluding carboxylic acids is 4. The molecule has 0 bridgehead atoms. The highest BCUT2D eigenvalue weighted by molar-refractivity contribution is 7.47. The summed E-state index contributed by atoms with van der Waals surface area (Å²) < 4.78 is 68.5. The van der Waals surface area contributed by atoms with Crippen LogP contribution in [-0.2, 0) is 65.4 Å². The molecule has 0 saturated carbocycles. The van der Waals surface area contributed by atoms with Gasteiger partial charge in [-0.25, -0.2) is 9.13 Å². The minimum atomic E-state index is -5.00. The van der Waals surface area contributed by atoms with E-state index in [9.17, 15) is 43.2 Å². The molecular weight excluding hydrogens is 1350 g/mol. The number of phosphoric ester groups is 2. The van der Waals surface area contributed by atoms with Crippen molar-refractivity contribution in [1.82, 2.24) is 0 Å². The van der Waals surface area contributed by atoms with Gasteiger partial charge in [-0.15, -0.1) is 0 Å². The number of unbranched alkanes of at least 4 members (excludes halogenated alkanes) is 30. The first-order valence-corrected chi connectivity index (χ1v) is 43.8. The largest absolute Gasteiger partial charge is 0.472 e. The molecule has 0 radical (unpaired) electrons. The molecule has 3 N–H and O–H groups in total. The van der Waals surface area contributed by atoms with E-state index in [1.165, 1.54) is 128 Å². The molecule has 0 aliphatic rings. The molecule has 0 aromatic carbocycles. The fourth-order valence-corrected chi connectivity index (χ4v) is 12.2. The van der Waals surface area contributed by atoms with Gasteiger partial charge < -0.3 is 33.8 Å². The quantitative estimate of drug-likeness (QED) is 0.0169. The van der Waals surface area contributed by atoms with Crippen LogP contribution in [0.1, 0.15) is 336 Å².